The third kappa shape index (κ3) is 4.99. The lowest BCUT2D eigenvalue weighted by atomic mass is 10.2. The van der Waals surface area contributed by atoms with Crippen LogP contribution in [0.3, 0.4) is 0 Å². The number of hydrogen-bond donors (Lipinski definition) is 1. The maximum Gasteiger partial charge on any atom is 0.133 e. The molecule has 1 aliphatic rings. The van der Waals surface area contributed by atoms with E-state index in [-0.39, 0.29) is 0 Å². The number of benzene rings is 1. The number of halogens is 1. The van der Waals surface area contributed by atoms with Crippen molar-refractivity contribution in [2.75, 3.05) is 13.2 Å². The molecule has 1 N–H and O–H groups in total. The van der Waals surface area contributed by atoms with E-state index in [2.05, 4.69) is 40.3 Å². The van der Waals surface area contributed by atoms with E-state index in [1.807, 2.05) is 6.07 Å². The second-order valence-electron chi connectivity index (χ2n) is 5.07. The van der Waals surface area contributed by atoms with Gasteiger partial charge in [0.25, 0.3) is 0 Å². The predicted octanol–water partition coefficient (Wildman–Crippen LogP) is 4.06. The molecule has 0 unspecified atom stereocenters. The highest BCUT2D eigenvalue weighted by Gasteiger charge is 2.19. The molecule has 0 bridgehead atoms. The van der Waals surface area contributed by atoms with Gasteiger partial charge in [0, 0.05) is 6.04 Å². The first kappa shape index (κ1) is 13.9. The van der Waals surface area contributed by atoms with Gasteiger partial charge in [-0.3, -0.25) is 0 Å². The van der Waals surface area contributed by atoms with Crippen molar-refractivity contribution >= 4 is 15.9 Å². The highest BCUT2D eigenvalue weighted by Crippen LogP contribution is 2.25. The van der Waals surface area contributed by atoms with Gasteiger partial charge in [-0.15, -0.1) is 0 Å². The van der Waals surface area contributed by atoms with Crippen molar-refractivity contribution in [1.29, 1.82) is 0 Å². The van der Waals surface area contributed by atoms with Crippen LogP contribution in [-0.4, -0.2) is 19.2 Å². The molecule has 0 aliphatic heterocycles. The van der Waals surface area contributed by atoms with Gasteiger partial charge >= 0.3 is 0 Å². The summed E-state index contributed by atoms with van der Waals surface area (Å²) >= 11 is 3.53. The van der Waals surface area contributed by atoms with Crippen molar-refractivity contribution in [3.05, 3.63) is 28.2 Å². The lowest BCUT2D eigenvalue weighted by Crippen LogP contribution is -2.17. The van der Waals surface area contributed by atoms with E-state index >= 15 is 0 Å². The number of aryl methyl sites for hydroxylation is 1. The second kappa shape index (κ2) is 7.15. The fraction of sp³-hybridized carbons (Fsp3) is 0.600. The Balaban J connectivity index is 1.53. The van der Waals surface area contributed by atoms with Crippen LogP contribution >= 0.6 is 15.9 Å². The fourth-order valence-electron chi connectivity index (χ4n) is 1.90. The zero-order chi connectivity index (χ0) is 12.8. The SMILES string of the molecule is Cc1ccc(OCCCCCNC2CC2)c(Br)c1. The average Bonchev–Trinajstić information content (AvgIpc) is 3.14. The third-order valence-corrected chi connectivity index (χ3v) is 3.80. The van der Waals surface area contributed by atoms with Gasteiger partial charge in [0.05, 0.1) is 11.1 Å². The van der Waals surface area contributed by atoms with Gasteiger partial charge in [-0.05, 0) is 79.2 Å². The number of nitrogens with one attached hydrogen (secondary N) is 1. The Labute approximate surface area is 118 Å². The summed E-state index contributed by atoms with van der Waals surface area (Å²) < 4.78 is 6.82. The average molecular weight is 312 g/mol. The Hall–Kier alpha value is -0.540. The lowest BCUT2D eigenvalue weighted by molar-refractivity contribution is 0.303. The van der Waals surface area contributed by atoms with Crippen LogP contribution < -0.4 is 10.1 Å². The van der Waals surface area contributed by atoms with Crippen LogP contribution in [0.5, 0.6) is 5.75 Å². The molecule has 1 fully saturated rings. The quantitative estimate of drug-likeness (QED) is 0.731. The molecule has 2 rings (SSSR count). The number of hydrogen-bond acceptors (Lipinski definition) is 2. The smallest absolute Gasteiger partial charge is 0.133 e. The molecule has 1 aromatic rings. The molecule has 0 radical (unpaired) electrons. The van der Waals surface area contributed by atoms with Gasteiger partial charge in [-0.2, -0.15) is 0 Å². The largest absolute Gasteiger partial charge is 0.492 e. The van der Waals surface area contributed by atoms with E-state index in [0.29, 0.717) is 0 Å². The Morgan fingerprint density at radius 2 is 2.11 bits per heavy atom. The molecule has 0 amide bonds. The highest BCUT2D eigenvalue weighted by atomic mass is 79.9. The number of rotatable bonds is 8. The first-order chi connectivity index (χ1) is 8.75. The minimum atomic E-state index is 0.811. The summed E-state index contributed by atoms with van der Waals surface area (Å²) in [6.07, 6.45) is 6.39. The summed E-state index contributed by atoms with van der Waals surface area (Å²) in [6, 6.07) is 7.05. The second-order valence-corrected chi connectivity index (χ2v) is 5.93. The lowest BCUT2D eigenvalue weighted by Gasteiger charge is -2.08. The summed E-state index contributed by atoms with van der Waals surface area (Å²) in [7, 11) is 0. The molecule has 0 spiro atoms. The predicted molar refractivity (Wildman–Crippen MR) is 79.2 cm³/mol. The molecule has 100 valence electrons. The molecular weight excluding hydrogens is 290 g/mol. The number of unbranched alkanes of at least 4 members (excludes halogenated alkanes) is 2. The molecule has 1 aliphatic carbocycles. The van der Waals surface area contributed by atoms with Crippen LogP contribution in [0, 0.1) is 6.92 Å². The van der Waals surface area contributed by atoms with Gasteiger partial charge in [0.2, 0.25) is 0 Å². The molecule has 3 heteroatoms. The number of ether oxygens (including phenoxy) is 1. The molecule has 1 saturated carbocycles. The van der Waals surface area contributed by atoms with Gasteiger partial charge in [0.15, 0.2) is 0 Å². The van der Waals surface area contributed by atoms with Crippen LogP contribution in [0.25, 0.3) is 0 Å². The van der Waals surface area contributed by atoms with Crippen LogP contribution in [0.1, 0.15) is 37.7 Å². The Bertz CT molecular complexity index is 377. The Kier molecular flexibility index (Phi) is 5.51. The van der Waals surface area contributed by atoms with E-state index in [0.717, 1.165) is 29.3 Å². The zero-order valence-electron chi connectivity index (χ0n) is 11.0. The van der Waals surface area contributed by atoms with Crippen molar-refractivity contribution in [2.45, 2.75) is 45.1 Å². The normalized spacial score (nSPS) is 14.8. The Morgan fingerprint density at radius 1 is 1.28 bits per heavy atom. The summed E-state index contributed by atoms with van der Waals surface area (Å²) in [5.74, 6) is 0.955. The fourth-order valence-corrected chi connectivity index (χ4v) is 2.51. The van der Waals surface area contributed by atoms with Gasteiger partial charge in [0.1, 0.15) is 5.75 Å². The van der Waals surface area contributed by atoms with Crippen molar-refractivity contribution in [2.24, 2.45) is 0 Å². The molecule has 1 aromatic carbocycles. The zero-order valence-corrected chi connectivity index (χ0v) is 12.6. The summed E-state index contributed by atoms with van der Waals surface area (Å²) in [6.45, 7) is 4.06. The van der Waals surface area contributed by atoms with Crippen molar-refractivity contribution in [1.82, 2.24) is 5.32 Å². The van der Waals surface area contributed by atoms with Crippen LogP contribution in [-0.2, 0) is 0 Å². The molecule has 0 atom stereocenters. The minimum absolute atomic E-state index is 0.811. The molecule has 0 saturated heterocycles. The minimum Gasteiger partial charge on any atom is -0.492 e. The van der Waals surface area contributed by atoms with Gasteiger partial charge < -0.3 is 10.1 Å². The molecular formula is C15H22BrNO. The standard InChI is InChI=1S/C15H22BrNO/c1-12-5-8-15(14(16)11-12)18-10-4-2-3-9-17-13-6-7-13/h5,8,11,13,17H,2-4,6-7,9-10H2,1H3. The summed E-state index contributed by atoms with van der Waals surface area (Å²) in [5, 5.41) is 3.53. The van der Waals surface area contributed by atoms with Crippen molar-refractivity contribution in [3.63, 3.8) is 0 Å². The first-order valence-corrected chi connectivity index (χ1v) is 7.67. The van der Waals surface area contributed by atoms with Gasteiger partial charge in [-0.1, -0.05) is 6.07 Å². The van der Waals surface area contributed by atoms with E-state index in [9.17, 15) is 0 Å². The van der Waals surface area contributed by atoms with E-state index in [1.54, 1.807) is 0 Å². The highest BCUT2D eigenvalue weighted by molar-refractivity contribution is 9.10. The van der Waals surface area contributed by atoms with Crippen molar-refractivity contribution < 1.29 is 4.74 Å². The van der Waals surface area contributed by atoms with Crippen molar-refractivity contribution in [3.8, 4) is 5.75 Å². The van der Waals surface area contributed by atoms with E-state index in [4.69, 9.17) is 4.74 Å². The maximum atomic E-state index is 5.76. The van der Waals surface area contributed by atoms with Crippen LogP contribution in [0.15, 0.2) is 22.7 Å². The summed E-state index contributed by atoms with van der Waals surface area (Å²) in [5.41, 5.74) is 1.25. The Morgan fingerprint density at radius 3 is 2.83 bits per heavy atom. The van der Waals surface area contributed by atoms with Crippen LogP contribution in [0.2, 0.25) is 0 Å². The molecule has 0 heterocycles. The third-order valence-electron chi connectivity index (χ3n) is 3.18. The molecule has 2 nitrogen and oxygen atoms in total. The van der Waals surface area contributed by atoms with Crippen LogP contribution in [0.4, 0.5) is 0 Å². The maximum absolute atomic E-state index is 5.76. The van der Waals surface area contributed by atoms with E-state index < -0.39 is 0 Å². The van der Waals surface area contributed by atoms with Gasteiger partial charge in [-0.25, -0.2) is 0 Å². The molecule has 0 aromatic heterocycles. The first-order valence-electron chi connectivity index (χ1n) is 6.88. The monoisotopic (exact) mass is 311 g/mol. The van der Waals surface area contributed by atoms with E-state index in [1.165, 1.54) is 37.8 Å². The summed E-state index contributed by atoms with van der Waals surface area (Å²) in [4.78, 5) is 0. The molecule has 18 heavy (non-hydrogen) atoms. The topological polar surface area (TPSA) is 21.3 Å².